The molecule has 0 saturated heterocycles. The minimum atomic E-state index is -4.31. The van der Waals surface area contributed by atoms with Gasteiger partial charge >= 0.3 is 6.18 Å². The average Bonchev–Trinajstić information content (AvgIpc) is 2.62. The first kappa shape index (κ1) is 11.9. The average molecular weight is 250 g/mol. The van der Waals surface area contributed by atoms with Crippen LogP contribution in [0.25, 0.3) is 0 Å². The van der Waals surface area contributed by atoms with Gasteiger partial charge in [0.15, 0.2) is 5.01 Å². The molecule has 0 radical (unpaired) electrons. The van der Waals surface area contributed by atoms with Crippen molar-refractivity contribution in [2.24, 2.45) is 0 Å². The van der Waals surface area contributed by atoms with Gasteiger partial charge in [0.2, 0.25) is 0 Å². The second-order valence-corrected chi connectivity index (χ2v) is 4.91. The predicted molar refractivity (Wildman–Crippen MR) is 56.5 cm³/mol. The van der Waals surface area contributed by atoms with Crippen molar-refractivity contribution in [3.05, 3.63) is 15.6 Å². The molecule has 0 bridgehead atoms. The number of alkyl halides is 3. The molecular weight excluding hydrogens is 237 g/mol. The summed E-state index contributed by atoms with van der Waals surface area (Å²) < 4.78 is 37.5. The Kier molecular flexibility index (Phi) is 3.21. The number of fused-ring (bicyclic) bond motifs is 1. The van der Waals surface area contributed by atoms with Crippen LogP contribution in [0.15, 0.2) is 0 Å². The zero-order chi connectivity index (χ0) is 11.8. The molecule has 1 aliphatic carbocycles. The van der Waals surface area contributed by atoms with Crippen LogP contribution in [0.3, 0.4) is 0 Å². The Bertz CT molecular complexity index is 373. The van der Waals surface area contributed by atoms with Crippen molar-refractivity contribution < 1.29 is 13.2 Å². The molecule has 0 aliphatic heterocycles. The summed E-state index contributed by atoms with van der Waals surface area (Å²) >= 11 is 0.796. The van der Waals surface area contributed by atoms with Crippen LogP contribution in [-0.4, -0.2) is 11.5 Å². The van der Waals surface area contributed by atoms with E-state index in [4.69, 9.17) is 0 Å². The van der Waals surface area contributed by atoms with Gasteiger partial charge in [0, 0.05) is 4.88 Å². The highest BCUT2D eigenvalue weighted by molar-refractivity contribution is 7.11. The summed E-state index contributed by atoms with van der Waals surface area (Å²) in [5.74, 6) is 0. The zero-order valence-corrected chi connectivity index (χ0v) is 9.71. The van der Waals surface area contributed by atoms with Gasteiger partial charge in [-0.1, -0.05) is 6.92 Å². The number of aryl methyl sites for hydroxylation is 1. The molecule has 0 fully saturated rings. The number of nitrogens with one attached hydrogen (secondary N) is 1. The van der Waals surface area contributed by atoms with Gasteiger partial charge in [0.1, 0.15) is 0 Å². The third-order valence-corrected chi connectivity index (χ3v) is 3.82. The van der Waals surface area contributed by atoms with Crippen LogP contribution in [0, 0.1) is 0 Å². The molecule has 2 rings (SSSR count). The predicted octanol–water partition coefficient (Wildman–Crippen LogP) is 3.15. The maximum atomic E-state index is 12.5. The van der Waals surface area contributed by atoms with Gasteiger partial charge < -0.3 is 5.32 Å². The Morgan fingerprint density at radius 2 is 2.25 bits per heavy atom. The molecule has 6 heteroatoms. The fraction of sp³-hybridized carbons (Fsp3) is 0.700. The highest BCUT2D eigenvalue weighted by Crippen LogP contribution is 2.39. The van der Waals surface area contributed by atoms with Crippen molar-refractivity contribution in [1.29, 1.82) is 0 Å². The minimum Gasteiger partial charge on any atom is -0.309 e. The fourth-order valence-corrected chi connectivity index (χ4v) is 3.02. The first-order valence-corrected chi connectivity index (χ1v) is 6.14. The Balaban J connectivity index is 2.31. The van der Waals surface area contributed by atoms with Crippen LogP contribution >= 0.6 is 11.3 Å². The second-order valence-electron chi connectivity index (χ2n) is 3.83. The lowest BCUT2D eigenvalue weighted by atomic mass is 9.98. The molecule has 1 N–H and O–H groups in total. The number of aromatic nitrogens is 1. The van der Waals surface area contributed by atoms with E-state index in [-0.39, 0.29) is 6.04 Å². The summed E-state index contributed by atoms with van der Waals surface area (Å²) in [4.78, 5) is 4.55. The molecule has 90 valence electrons. The van der Waals surface area contributed by atoms with Crippen LogP contribution in [-0.2, 0) is 12.6 Å². The summed E-state index contributed by atoms with van der Waals surface area (Å²) in [5, 5.41) is 2.48. The number of hydrogen-bond acceptors (Lipinski definition) is 3. The van der Waals surface area contributed by atoms with Gasteiger partial charge in [-0.3, -0.25) is 0 Å². The Morgan fingerprint density at radius 1 is 1.50 bits per heavy atom. The van der Waals surface area contributed by atoms with E-state index in [0.29, 0.717) is 5.69 Å². The van der Waals surface area contributed by atoms with Gasteiger partial charge in [0.05, 0.1) is 11.7 Å². The van der Waals surface area contributed by atoms with Gasteiger partial charge in [-0.2, -0.15) is 13.2 Å². The van der Waals surface area contributed by atoms with E-state index in [1.54, 1.807) is 0 Å². The standard InChI is InChI=1S/C10H13F3N2S/c1-2-14-6-4-3-5-7-8(6)15-9(16-7)10(11,12)13/h6,14H,2-5H2,1H3. The van der Waals surface area contributed by atoms with Crippen LogP contribution in [0.5, 0.6) is 0 Å². The molecule has 2 nitrogen and oxygen atoms in total. The van der Waals surface area contributed by atoms with Gasteiger partial charge in [0.25, 0.3) is 0 Å². The molecule has 1 aromatic heterocycles. The van der Waals surface area contributed by atoms with Crippen LogP contribution in [0.1, 0.15) is 41.4 Å². The number of rotatable bonds is 2. The highest BCUT2D eigenvalue weighted by atomic mass is 32.1. The van der Waals surface area contributed by atoms with E-state index < -0.39 is 11.2 Å². The maximum absolute atomic E-state index is 12.5. The lowest BCUT2D eigenvalue weighted by Gasteiger charge is -2.21. The minimum absolute atomic E-state index is 0.00102. The van der Waals surface area contributed by atoms with Crippen LogP contribution in [0.4, 0.5) is 13.2 Å². The third kappa shape index (κ3) is 2.22. The molecule has 0 saturated carbocycles. The molecule has 0 spiro atoms. The summed E-state index contributed by atoms with van der Waals surface area (Å²) in [7, 11) is 0. The van der Waals surface area contributed by atoms with Crippen molar-refractivity contribution in [3.8, 4) is 0 Å². The first-order chi connectivity index (χ1) is 7.52. The summed E-state index contributed by atoms with van der Waals surface area (Å²) in [6, 6.07) is 0.00102. The molecular formula is C10H13F3N2S. The quantitative estimate of drug-likeness (QED) is 0.872. The SMILES string of the molecule is CCNC1CCCc2sc(C(F)(F)F)nc21. The van der Waals surface area contributed by atoms with Crippen LogP contribution in [0.2, 0.25) is 0 Å². The van der Waals surface area contributed by atoms with Crippen molar-refractivity contribution in [2.45, 2.75) is 38.4 Å². The summed E-state index contributed by atoms with van der Waals surface area (Å²) in [6.07, 6.45) is -1.77. The number of hydrogen-bond donors (Lipinski definition) is 1. The molecule has 0 amide bonds. The van der Waals surface area contributed by atoms with Gasteiger partial charge in [-0.25, -0.2) is 4.98 Å². The lowest BCUT2D eigenvalue weighted by Crippen LogP contribution is -2.24. The van der Waals surface area contributed by atoms with Crippen molar-refractivity contribution >= 4 is 11.3 Å². The molecule has 1 aliphatic rings. The Morgan fingerprint density at radius 3 is 2.88 bits per heavy atom. The van der Waals surface area contributed by atoms with Crippen molar-refractivity contribution in [3.63, 3.8) is 0 Å². The molecule has 16 heavy (non-hydrogen) atoms. The number of nitrogens with zero attached hydrogens (tertiary/aromatic N) is 1. The Hall–Kier alpha value is -0.620. The van der Waals surface area contributed by atoms with E-state index >= 15 is 0 Å². The van der Waals surface area contributed by atoms with E-state index in [9.17, 15) is 13.2 Å². The third-order valence-electron chi connectivity index (χ3n) is 2.65. The van der Waals surface area contributed by atoms with E-state index in [0.717, 1.165) is 42.0 Å². The van der Waals surface area contributed by atoms with Crippen LogP contribution < -0.4 is 5.32 Å². The van der Waals surface area contributed by atoms with E-state index in [2.05, 4.69) is 10.3 Å². The van der Waals surface area contributed by atoms with Gasteiger partial charge in [-0.15, -0.1) is 11.3 Å². The monoisotopic (exact) mass is 250 g/mol. The maximum Gasteiger partial charge on any atom is 0.443 e. The fourth-order valence-electron chi connectivity index (χ4n) is 1.98. The highest BCUT2D eigenvalue weighted by Gasteiger charge is 2.37. The van der Waals surface area contributed by atoms with Gasteiger partial charge in [-0.05, 0) is 25.8 Å². The molecule has 1 atom stereocenters. The van der Waals surface area contributed by atoms with E-state index in [1.165, 1.54) is 0 Å². The molecule has 1 aromatic rings. The molecule has 1 heterocycles. The lowest BCUT2D eigenvalue weighted by molar-refractivity contribution is -0.137. The molecule has 0 aromatic carbocycles. The summed E-state index contributed by atoms with van der Waals surface area (Å²) in [6.45, 7) is 2.70. The topological polar surface area (TPSA) is 24.9 Å². The largest absolute Gasteiger partial charge is 0.443 e. The zero-order valence-electron chi connectivity index (χ0n) is 8.90. The normalized spacial score (nSPS) is 20.9. The number of halogens is 3. The molecule has 1 unspecified atom stereocenters. The second kappa shape index (κ2) is 4.33. The van der Waals surface area contributed by atoms with Crippen molar-refractivity contribution in [2.75, 3.05) is 6.54 Å². The summed E-state index contributed by atoms with van der Waals surface area (Å²) in [5.41, 5.74) is 0.616. The smallest absolute Gasteiger partial charge is 0.309 e. The first-order valence-electron chi connectivity index (χ1n) is 5.32. The van der Waals surface area contributed by atoms with Crippen molar-refractivity contribution in [1.82, 2.24) is 10.3 Å². The Labute approximate surface area is 95.9 Å². The number of thiazole rings is 1. The van der Waals surface area contributed by atoms with E-state index in [1.807, 2.05) is 6.92 Å².